The number of benzene rings is 3. The Kier molecular flexibility index (Phi) is 5.26. The highest BCUT2D eigenvalue weighted by atomic mass is 31.2. The molecule has 0 amide bonds. The first-order chi connectivity index (χ1) is 11.9. The van der Waals surface area contributed by atoms with E-state index < -0.39 is 7.05 Å². The topological polar surface area (TPSA) is 16.7 Å². The van der Waals surface area contributed by atoms with Gasteiger partial charge in [0.05, 0.1) is 7.05 Å². The summed E-state index contributed by atoms with van der Waals surface area (Å²) in [6.07, 6.45) is 0. The van der Waals surface area contributed by atoms with E-state index in [1.807, 2.05) is 18.2 Å². The van der Waals surface area contributed by atoms with Gasteiger partial charge in [0, 0.05) is 15.9 Å². The lowest BCUT2D eigenvalue weighted by Gasteiger charge is -2.26. The Labute approximate surface area is 143 Å². The van der Waals surface area contributed by atoms with Gasteiger partial charge in [-0.2, -0.15) is 0 Å². The van der Waals surface area contributed by atoms with Gasteiger partial charge in [-0.1, -0.05) is 91.0 Å². The second-order valence-corrected chi connectivity index (χ2v) is 8.49. The van der Waals surface area contributed by atoms with Crippen LogP contribution in [0.3, 0.4) is 0 Å². The molecular weight excluding hydrogens is 311 g/mol. The van der Waals surface area contributed by atoms with Crippen molar-refractivity contribution in [3.05, 3.63) is 102 Å². The second kappa shape index (κ2) is 7.77. The van der Waals surface area contributed by atoms with Crippen LogP contribution in [0.5, 0.6) is 0 Å². The SMILES string of the molecule is [C-]#[N+]CCN=P(c1ccccc1)(c1ccccc1)c1ccccc1. The summed E-state index contributed by atoms with van der Waals surface area (Å²) < 4.78 is 5.15. The van der Waals surface area contributed by atoms with Gasteiger partial charge in [-0.3, -0.25) is 4.74 Å². The summed E-state index contributed by atoms with van der Waals surface area (Å²) in [7, 11) is -2.10. The fourth-order valence-electron chi connectivity index (χ4n) is 2.87. The van der Waals surface area contributed by atoms with E-state index in [-0.39, 0.29) is 0 Å². The van der Waals surface area contributed by atoms with E-state index in [1.165, 1.54) is 15.9 Å². The van der Waals surface area contributed by atoms with Crippen LogP contribution in [0.4, 0.5) is 0 Å². The van der Waals surface area contributed by atoms with Crippen LogP contribution in [0.15, 0.2) is 95.7 Å². The molecule has 118 valence electrons. The molecular formula is C21H19N2P. The molecule has 0 radical (unpaired) electrons. The molecule has 0 atom stereocenters. The lowest BCUT2D eigenvalue weighted by atomic mass is 10.4. The summed E-state index contributed by atoms with van der Waals surface area (Å²) in [4.78, 5) is 3.49. The van der Waals surface area contributed by atoms with E-state index in [1.54, 1.807) is 0 Å². The van der Waals surface area contributed by atoms with Gasteiger partial charge >= 0.3 is 0 Å². The Morgan fingerprint density at radius 1 is 0.667 bits per heavy atom. The molecule has 0 N–H and O–H groups in total. The molecule has 3 aromatic carbocycles. The molecule has 0 aliphatic heterocycles. The Morgan fingerprint density at radius 2 is 1.04 bits per heavy atom. The first-order valence-corrected chi connectivity index (χ1v) is 9.70. The maximum absolute atomic E-state index is 7.10. The predicted octanol–water partition coefficient (Wildman–Crippen LogP) is 4.08. The van der Waals surface area contributed by atoms with E-state index in [0.29, 0.717) is 13.1 Å². The minimum absolute atomic E-state index is 0.425. The average Bonchev–Trinajstić information content (AvgIpc) is 2.68. The largest absolute Gasteiger partial charge is 0.315 e. The molecule has 0 spiro atoms. The molecule has 3 heteroatoms. The van der Waals surface area contributed by atoms with Gasteiger partial charge in [0.2, 0.25) is 6.54 Å². The molecule has 0 fully saturated rings. The fraction of sp³-hybridized carbons (Fsp3) is 0.0952. The van der Waals surface area contributed by atoms with E-state index in [4.69, 9.17) is 11.3 Å². The third-order valence-corrected chi connectivity index (χ3v) is 7.67. The number of nitrogens with zero attached hydrogens (tertiary/aromatic N) is 2. The van der Waals surface area contributed by atoms with Crippen molar-refractivity contribution in [2.75, 3.05) is 13.1 Å². The maximum Gasteiger partial charge on any atom is 0.233 e. The van der Waals surface area contributed by atoms with E-state index in [0.717, 1.165) is 0 Å². The minimum Gasteiger partial charge on any atom is -0.315 e. The molecule has 0 unspecified atom stereocenters. The van der Waals surface area contributed by atoms with Gasteiger partial charge < -0.3 is 4.85 Å². The standard InChI is InChI=1S/C21H19N2P/c1-22-17-18-23-24(19-11-5-2-6-12-19,20-13-7-3-8-14-20)21-15-9-4-10-16-21/h2-16H,17-18H2. The Balaban J connectivity index is 2.33. The van der Waals surface area contributed by atoms with Crippen molar-refractivity contribution in [3.8, 4) is 0 Å². The zero-order valence-electron chi connectivity index (χ0n) is 13.4. The van der Waals surface area contributed by atoms with Crippen LogP contribution >= 0.6 is 7.05 Å². The van der Waals surface area contributed by atoms with Crippen molar-refractivity contribution in [2.45, 2.75) is 0 Å². The van der Waals surface area contributed by atoms with Crippen LogP contribution in [0.25, 0.3) is 4.85 Å². The van der Waals surface area contributed by atoms with Crippen molar-refractivity contribution in [3.63, 3.8) is 0 Å². The van der Waals surface area contributed by atoms with Crippen molar-refractivity contribution in [2.24, 2.45) is 4.74 Å². The van der Waals surface area contributed by atoms with Gasteiger partial charge in [-0.05, 0) is 0 Å². The van der Waals surface area contributed by atoms with Gasteiger partial charge in [-0.15, -0.1) is 0 Å². The van der Waals surface area contributed by atoms with Gasteiger partial charge in [0.25, 0.3) is 0 Å². The van der Waals surface area contributed by atoms with E-state index in [2.05, 4.69) is 77.6 Å². The van der Waals surface area contributed by atoms with Crippen molar-refractivity contribution >= 4 is 23.0 Å². The highest BCUT2D eigenvalue weighted by Gasteiger charge is 2.26. The Morgan fingerprint density at radius 3 is 1.38 bits per heavy atom. The summed E-state index contributed by atoms with van der Waals surface area (Å²) in [6.45, 7) is 8.08. The molecule has 0 aliphatic rings. The fourth-order valence-corrected chi connectivity index (χ4v) is 6.45. The quantitative estimate of drug-likeness (QED) is 0.381. The van der Waals surface area contributed by atoms with Crippen molar-refractivity contribution in [1.29, 1.82) is 0 Å². The molecule has 0 saturated heterocycles. The molecule has 24 heavy (non-hydrogen) atoms. The molecule has 3 aromatic rings. The minimum atomic E-state index is -2.10. The second-order valence-electron chi connectivity index (χ2n) is 5.39. The molecule has 2 nitrogen and oxygen atoms in total. The first kappa shape index (κ1) is 16.2. The van der Waals surface area contributed by atoms with Gasteiger partial charge in [0.15, 0.2) is 0 Å². The molecule has 0 bridgehead atoms. The van der Waals surface area contributed by atoms with E-state index >= 15 is 0 Å². The van der Waals surface area contributed by atoms with Crippen LogP contribution in [-0.2, 0) is 0 Å². The number of hydrogen-bond donors (Lipinski definition) is 0. The lowest BCUT2D eigenvalue weighted by molar-refractivity contribution is 1.09. The monoisotopic (exact) mass is 330 g/mol. The maximum atomic E-state index is 7.10. The van der Waals surface area contributed by atoms with Crippen molar-refractivity contribution in [1.82, 2.24) is 0 Å². The summed E-state index contributed by atoms with van der Waals surface area (Å²) in [5.41, 5.74) is 0. The van der Waals surface area contributed by atoms with Crippen LogP contribution in [-0.4, -0.2) is 13.1 Å². The van der Waals surface area contributed by atoms with Gasteiger partial charge in [0.1, 0.15) is 6.54 Å². The van der Waals surface area contributed by atoms with E-state index in [9.17, 15) is 0 Å². The molecule has 0 heterocycles. The first-order valence-electron chi connectivity index (χ1n) is 7.96. The van der Waals surface area contributed by atoms with Crippen molar-refractivity contribution < 1.29 is 0 Å². The third-order valence-electron chi connectivity index (χ3n) is 3.91. The van der Waals surface area contributed by atoms with Crippen LogP contribution in [0.2, 0.25) is 0 Å². The van der Waals surface area contributed by atoms with Crippen LogP contribution in [0.1, 0.15) is 0 Å². The summed E-state index contributed by atoms with van der Waals surface area (Å²) in [5, 5.41) is 3.69. The highest BCUT2D eigenvalue weighted by Crippen LogP contribution is 2.46. The summed E-state index contributed by atoms with van der Waals surface area (Å²) in [6, 6.07) is 31.5. The summed E-state index contributed by atoms with van der Waals surface area (Å²) >= 11 is 0. The Bertz CT molecular complexity index is 763. The Hall–Kier alpha value is -2.62. The molecule has 0 aliphatic carbocycles. The van der Waals surface area contributed by atoms with Crippen LogP contribution < -0.4 is 15.9 Å². The number of hydrogen-bond acceptors (Lipinski definition) is 1. The third kappa shape index (κ3) is 3.18. The molecule has 3 rings (SSSR count). The van der Waals surface area contributed by atoms with Crippen LogP contribution in [0, 0.1) is 6.57 Å². The zero-order chi connectivity index (χ0) is 16.7. The normalized spacial score (nSPS) is 10.8. The summed E-state index contributed by atoms with van der Waals surface area (Å²) in [5.74, 6) is 0. The van der Waals surface area contributed by atoms with Gasteiger partial charge in [-0.25, -0.2) is 6.57 Å². The lowest BCUT2D eigenvalue weighted by Crippen LogP contribution is -2.25. The molecule has 0 saturated carbocycles. The zero-order valence-corrected chi connectivity index (χ0v) is 14.3. The highest BCUT2D eigenvalue weighted by molar-refractivity contribution is 7.87. The smallest absolute Gasteiger partial charge is 0.233 e. The number of rotatable bonds is 5. The predicted molar refractivity (Wildman–Crippen MR) is 104 cm³/mol. The molecule has 0 aromatic heterocycles. The average molecular weight is 330 g/mol.